The van der Waals surface area contributed by atoms with Gasteiger partial charge in [-0.1, -0.05) is 0 Å². The van der Waals surface area contributed by atoms with Crippen molar-refractivity contribution in [2.45, 2.75) is 25.2 Å². The summed E-state index contributed by atoms with van der Waals surface area (Å²) in [5, 5.41) is 4.54. The van der Waals surface area contributed by atoms with Crippen LogP contribution in [-0.4, -0.2) is 37.9 Å². The summed E-state index contributed by atoms with van der Waals surface area (Å²) in [6, 6.07) is 0. The first kappa shape index (κ1) is 13.2. The molecule has 0 saturated heterocycles. The first-order valence-corrected chi connectivity index (χ1v) is 5.05. The lowest BCUT2D eigenvalue weighted by Crippen LogP contribution is -2.43. The smallest absolute Gasteiger partial charge is 0.319 e. The number of rotatable bonds is 7. The Morgan fingerprint density at radius 3 is 2.50 bits per heavy atom. The monoisotopic (exact) mass is 242 g/mol. The van der Waals surface area contributed by atoms with Gasteiger partial charge < -0.3 is 10.6 Å². The Balaban J connectivity index is 2.06. The van der Waals surface area contributed by atoms with Crippen LogP contribution in [0.3, 0.4) is 0 Å². The Morgan fingerprint density at radius 2 is 2.00 bits per heavy atom. The van der Waals surface area contributed by atoms with Gasteiger partial charge in [-0.2, -0.15) is 8.78 Å². The molecule has 1 fully saturated rings. The molecule has 0 aromatic carbocycles. The van der Waals surface area contributed by atoms with Crippen LogP contribution in [0.4, 0.5) is 17.6 Å². The molecule has 3 nitrogen and oxygen atoms in total. The molecular weight excluding hydrogens is 228 g/mol. The zero-order chi connectivity index (χ0) is 12.2. The van der Waals surface area contributed by atoms with Crippen molar-refractivity contribution >= 4 is 5.91 Å². The minimum atomic E-state index is -4.09. The predicted octanol–water partition coefficient (Wildman–Crippen LogP) is 1.00. The van der Waals surface area contributed by atoms with E-state index in [2.05, 4.69) is 5.32 Å². The van der Waals surface area contributed by atoms with Crippen LogP contribution in [0.1, 0.15) is 12.8 Å². The number of alkyl halides is 4. The van der Waals surface area contributed by atoms with Gasteiger partial charge in [0.05, 0.1) is 13.1 Å². The third-order valence-corrected chi connectivity index (χ3v) is 2.25. The molecule has 0 atom stereocenters. The number of hydrogen-bond donors (Lipinski definition) is 2. The van der Waals surface area contributed by atoms with Gasteiger partial charge >= 0.3 is 12.3 Å². The molecule has 0 radical (unpaired) electrons. The summed E-state index contributed by atoms with van der Waals surface area (Å²) in [4.78, 5) is 11.0. The predicted molar refractivity (Wildman–Crippen MR) is 49.6 cm³/mol. The Hall–Kier alpha value is -0.850. The van der Waals surface area contributed by atoms with E-state index < -0.39 is 24.8 Å². The van der Waals surface area contributed by atoms with Crippen LogP contribution in [0.15, 0.2) is 0 Å². The maximum atomic E-state index is 12.4. The van der Waals surface area contributed by atoms with Crippen LogP contribution in [0.2, 0.25) is 0 Å². The summed E-state index contributed by atoms with van der Waals surface area (Å²) in [7, 11) is 0. The number of carbonyl (C=O) groups is 1. The largest absolute Gasteiger partial charge is 0.355 e. The van der Waals surface area contributed by atoms with Crippen molar-refractivity contribution in [3.8, 4) is 0 Å². The van der Waals surface area contributed by atoms with E-state index in [1.807, 2.05) is 5.32 Å². The molecule has 1 aliphatic rings. The highest BCUT2D eigenvalue weighted by molar-refractivity contribution is 5.77. The van der Waals surface area contributed by atoms with Gasteiger partial charge in [-0.25, -0.2) is 8.78 Å². The molecule has 0 aromatic heterocycles. The SMILES string of the molecule is O=C(CNCC(F)(F)C(F)F)NCC1CC1. The van der Waals surface area contributed by atoms with Gasteiger partial charge in [-0.15, -0.1) is 0 Å². The average molecular weight is 242 g/mol. The summed E-state index contributed by atoms with van der Waals surface area (Å²) in [5.41, 5.74) is 0. The molecule has 1 rings (SSSR count). The molecule has 94 valence electrons. The highest BCUT2D eigenvalue weighted by Crippen LogP contribution is 2.27. The molecular formula is C9H14F4N2O. The molecule has 16 heavy (non-hydrogen) atoms. The van der Waals surface area contributed by atoms with E-state index in [9.17, 15) is 22.4 Å². The van der Waals surface area contributed by atoms with Crippen molar-refractivity contribution in [3.63, 3.8) is 0 Å². The standard InChI is InChI=1S/C9H14F4N2O/c10-8(11)9(12,13)5-14-4-7(16)15-3-6-1-2-6/h6,8,14H,1-5H2,(H,15,16). The molecule has 0 heterocycles. The number of amides is 1. The second kappa shape index (κ2) is 5.47. The van der Waals surface area contributed by atoms with Crippen molar-refractivity contribution in [2.75, 3.05) is 19.6 Å². The maximum Gasteiger partial charge on any atom is 0.319 e. The van der Waals surface area contributed by atoms with E-state index in [1.165, 1.54) is 0 Å². The van der Waals surface area contributed by atoms with Gasteiger partial charge in [-0.05, 0) is 18.8 Å². The third kappa shape index (κ3) is 4.78. The van der Waals surface area contributed by atoms with E-state index in [-0.39, 0.29) is 6.54 Å². The number of hydrogen-bond acceptors (Lipinski definition) is 2. The Morgan fingerprint density at radius 1 is 1.38 bits per heavy atom. The molecule has 0 aromatic rings. The first-order valence-electron chi connectivity index (χ1n) is 5.05. The Labute approximate surface area is 90.6 Å². The van der Waals surface area contributed by atoms with Crippen molar-refractivity contribution < 1.29 is 22.4 Å². The normalized spacial score (nSPS) is 16.6. The van der Waals surface area contributed by atoms with Gasteiger partial charge in [0.1, 0.15) is 0 Å². The summed E-state index contributed by atoms with van der Waals surface area (Å²) in [6.45, 7) is -1.03. The minimum Gasteiger partial charge on any atom is -0.355 e. The number of carbonyl (C=O) groups excluding carboxylic acids is 1. The quantitative estimate of drug-likeness (QED) is 0.654. The number of halogens is 4. The van der Waals surface area contributed by atoms with Crippen molar-refractivity contribution in [1.29, 1.82) is 0 Å². The van der Waals surface area contributed by atoms with Crippen molar-refractivity contribution in [3.05, 3.63) is 0 Å². The van der Waals surface area contributed by atoms with Gasteiger partial charge in [0.2, 0.25) is 5.91 Å². The topological polar surface area (TPSA) is 41.1 Å². The third-order valence-electron chi connectivity index (χ3n) is 2.25. The highest BCUT2D eigenvalue weighted by atomic mass is 19.3. The lowest BCUT2D eigenvalue weighted by atomic mass is 10.3. The summed E-state index contributed by atoms with van der Waals surface area (Å²) in [6.07, 6.45) is -1.58. The maximum absolute atomic E-state index is 12.4. The summed E-state index contributed by atoms with van der Waals surface area (Å²) >= 11 is 0. The molecule has 2 N–H and O–H groups in total. The lowest BCUT2D eigenvalue weighted by Gasteiger charge is -2.15. The fourth-order valence-corrected chi connectivity index (χ4v) is 1.06. The van der Waals surface area contributed by atoms with Crippen LogP contribution in [0.25, 0.3) is 0 Å². The molecule has 0 unspecified atom stereocenters. The van der Waals surface area contributed by atoms with Crippen LogP contribution < -0.4 is 10.6 Å². The molecule has 1 aliphatic carbocycles. The Kier molecular flexibility index (Phi) is 4.52. The zero-order valence-electron chi connectivity index (χ0n) is 8.61. The summed E-state index contributed by atoms with van der Waals surface area (Å²) in [5.74, 6) is -4.04. The molecule has 7 heteroatoms. The fourth-order valence-electron chi connectivity index (χ4n) is 1.06. The molecule has 0 bridgehead atoms. The Bertz CT molecular complexity index is 244. The van der Waals surface area contributed by atoms with Gasteiger partial charge in [-0.3, -0.25) is 4.79 Å². The number of nitrogens with one attached hydrogen (secondary N) is 2. The van der Waals surface area contributed by atoms with Crippen molar-refractivity contribution in [2.24, 2.45) is 5.92 Å². The van der Waals surface area contributed by atoms with E-state index in [0.717, 1.165) is 12.8 Å². The first-order chi connectivity index (χ1) is 7.42. The molecule has 1 saturated carbocycles. The van der Waals surface area contributed by atoms with Gasteiger partial charge in [0.15, 0.2) is 0 Å². The zero-order valence-corrected chi connectivity index (χ0v) is 8.61. The second-order valence-corrected chi connectivity index (χ2v) is 3.91. The summed E-state index contributed by atoms with van der Waals surface area (Å²) < 4.78 is 48.2. The van der Waals surface area contributed by atoms with E-state index in [1.54, 1.807) is 0 Å². The van der Waals surface area contributed by atoms with Crippen LogP contribution in [-0.2, 0) is 4.79 Å². The minimum absolute atomic E-state index is 0.366. The van der Waals surface area contributed by atoms with Crippen molar-refractivity contribution in [1.82, 2.24) is 10.6 Å². The fraction of sp³-hybridized carbons (Fsp3) is 0.889. The van der Waals surface area contributed by atoms with E-state index >= 15 is 0 Å². The average Bonchev–Trinajstić information content (AvgIpc) is 2.97. The molecule has 1 amide bonds. The van der Waals surface area contributed by atoms with E-state index in [4.69, 9.17) is 0 Å². The second-order valence-electron chi connectivity index (χ2n) is 3.91. The lowest BCUT2D eigenvalue weighted by molar-refractivity contribution is -0.128. The molecule has 0 aliphatic heterocycles. The van der Waals surface area contributed by atoms with Gasteiger partial charge in [0.25, 0.3) is 0 Å². The van der Waals surface area contributed by atoms with Crippen LogP contribution >= 0.6 is 0 Å². The van der Waals surface area contributed by atoms with E-state index in [0.29, 0.717) is 12.5 Å². The molecule has 0 spiro atoms. The highest BCUT2D eigenvalue weighted by Gasteiger charge is 2.40. The van der Waals surface area contributed by atoms with Crippen LogP contribution in [0.5, 0.6) is 0 Å². The van der Waals surface area contributed by atoms with Gasteiger partial charge in [0, 0.05) is 6.54 Å². The van der Waals surface area contributed by atoms with Crippen LogP contribution in [0, 0.1) is 5.92 Å².